The number of aryl methyl sites for hydroxylation is 2. The molecule has 1 fully saturated rings. The Kier molecular flexibility index (Phi) is 6.52. The zero-order chi connectivity index (χ0) is 23.2. The van der Waals surface area contributed by atoms with E-state index in [0.717, 1.165) is 30.7 Å². The van der Waals surface area contributed by atoms with Gasteiger partial charge in [-0.2, -0.15) is 4.98 Å². The van der Waals surface area contributed by atoms with E-state index >= 15 is 0 Å². The third-order valence-corrected chi connectivity index (χ3v) is 6.86. The second-order valence-corrected chi connectivity index (χ2v) is 8.99. The van der Waals surface area contributed by atoms with E-state index in [1.807, 2.05) is 59.5 Å². The third kappa shape index (κ3) is 4.79. The van der Waals surface area contributed by atoms with Crippen LogP contribution < -0.4 is 0 Å². The monoisotopic (exact) mass is 451 g/mol. The maximum Gasteiger partial charge on any atom is 0.227 e. The minimum atomic E-state index is -0.348. The van der Waals surface area contributed by atoms with Crippen molar-refractivity contribution in [3.05, 3.63) is 119 Å². The molecule has 5 nitrogen and oxygen atoms in total. The van der Waals surface area contributed by atoms with E-state index in [4.69, 9.17) is 9.51 Å². The van der Waals surface area contributed by atoms with Crippen LogP contribution in [0.4, 0.5) is 0 Å². The minimum Gasteiger partial charge on any atom is -0.342 e. The Labute approximate surface area is 200 Å². The van der Waals surface area contributed by atoms with Gasteiger partial charge in [0.1, 0.15) is 0 Å². The molecule has 0 N–H and O–H groups in total. The van der Waals surface area contributed by atoms with Crippen LogP contribution in [0.15, 0.2) is 95.5 Å². The Balaban J connectivity index is 1.32. The molecule has 1 amide bonds. The lowest BCUT2D eigenvalue weighted by Gasteiger charge is -2.40. The smallest absolute Gasteiger partial charge is 0.227 e. The van der Waals surface area contributed by atoms with Crippen LogP contribution in [0.3, 0.4) is 0 Å². The van der Waals surface area contributed by atoms with Gasteiger partial charge in [0.15, 0.2) is 5.82 Å². The molecule has 1 saturated heterocycles. The molecule has 1 aliphatic rings. The van der Waals surface area contributed by atoms with Crippen molar-refractivity contribution in [3.8, 4) is 0 Å². The lowest BCUT2D eigenvalue weighted by Crippen LogP contribution is -2.46. The summed E-state index contributed by atoms with van der Waals surface area (Å²) >= 11 is 0. The highest BCUT2D eigenvalue weighted by Gasteiger charge is 2.42. The quantitative estimate of drug-likeness (QED) is 0.397. The van der Waals surface area contributed by atoms with Crippen molar-refractivity contribution < 1.29 is 9.32 Å². The molecule has 4 aromatic rings. The highest BCUT2D eigenvalue weighted by molar-refractivity contribution is 5.79. The first kappa shape index (κ1) is 22.1. The molecule has 0 bridgehead atoms. The standard InChI is InChI=1S/C29H29N3O2/c33-27(22-24-12-6-2-7-13-24)32-20-18-29(19-21-32,25-14-8-3-9-15-25)28-30-26(34-31-28)17-16-23-10-4-1-5-11-23/h1-15H,16-22H2. The normalized spacial score (nSPS) is 15.2. The second kappa shape index (κ2) is 10.0. The highest BCUT2D eigenvalue weighted by Crippen LogP contribution is 2.40. The Bertz CT molecular complexity index is 1200. The van der Waals surface area contributed by atoms with E-state index in [9.17, 15) is 4.79 Å². The summed E-state index contributed by atoms with van der Waals surface area (Å²) in [7, 11) is 0. The molecule has 34 heavy (non-hydrogen) atoms. The van der Waals surface area contributed by atoms with E-state index in [0.29, 0.717) is 31.8 Å². The molecule has 5 heteroatoms. The first-order valence-corrected chi connectivity index (χ1v) is 12.0. The maximum absolute atomic E-state index is 13.0. The average molecular weight is 452 g/mol. The number of aromatic nitrogens is 2. The summed E-state index contributed by atoms with van der Waals surface area (Å²) in [5.74, 6) is 1.57. The van der Waals surface area contributed by atoms with Gasteiger partial charge in [0, 0.05) is 19.5 Å². The highest BCUT2D eigenvalue weighted by atomic mass is 16.5. The molecule has 0 radical (unpaired) electrons. The van der Waals surface area contributed by atoms with E-state index in [1.54, 1.807) is 0 Å². The fourth-order valence-corrected chi connectivity index (χ4v) is 4.87. The van der Waals surface area contributed by atoms with Gasteiger partial charge >= 0.3 is 0 Å². The molecule has 0 unspecified atom stereocenters. The van der Waals surface area contributed by atoms with Crippen molar-refractivity contribution in [3.63, 3.8) is 0 Å². The summed E-state index contributed by atoms with van der Waals surface area (Å²) in [5.41, 5.74) is 3.14. The number of piperidine rings is 1. The van der Waals surface area contributed by atoms with Crippen LogP contribution in [0, 0.1) is 0 Å². The minimum absolute atomic E-state index is 0.171. The maximum atomic E-state index is 13.0. The lowest BCUT2D eigenvalue weighted by molar-refractivity contribution is -0.131. The van der Waals surface area contributed by atoms with Crippen LogP contribution in [-0.4, -0.2) is 34.0 Å². The predicted octanol–water partition coefficient (Wildman–Crippen LogP) is 5.01. The number of hydrogen-bond donors (Lipinski definition) is 0. The molecule has 0 atom stereocenters. The molecule has 5 rings (SSSR count). The molecular weight excluding hydrogens is 422 g/mol. The topological polar surface area (TPSA) is 59.2 Å². The summed E-state index contributed by atoms with van der Waals surface area (Å²) in [6, 6.07) is 30.7. The summed E-state index contributed by atoms with van der Waals surface area (Å²) in [4.78, 5) is 19.8. The van der Waals surface area contributed by atoms with Gasteiger partial charge in [0.05, 0.1) is 11.8 Å². The fourth-order valence-electron chi connectivity index (χ4n) is 4.87. The SMILES string of the molecule is O=C(Cc1ccccc1)N1CCC(c2ccccc2)(c2noc(CCc3ccccc3)n2)CC1. The van der Waals surface area contributed by atoms with Crippen LogP contribution in [0.2, 0.25) is 0 Å². The van der Waals surface area contributed by atoms with Gasteiger partial charge in [-0.05, 0) is 36.0 Å². The predicted molar refractivity (Wildman–Crippen MR) is 131 cm³/mol. The Morgan fingerprint density at radius 3 is 2.03 bits per heavy atom. The van der Waals surface area contributed by atoms with Gasteiger partial charge in [-0.25, -0.2) is 0 Å². The van der Waals surface area contributed by atoms with Crippen LogP contribution in [0.1, 0.15) is 41.2 Å². The Hall–Kier alpha value is -3.73. The van der Waals surface area contributed by atoms with E-state index < -0.39 is 0 Å². The second-order valence-electron chi connectivity index (χ2n) is 8.99. The number of amides is 1. The molecule has 172 valence electrons. The van der Waals surface area contributed by atoms with Crippen molar-refractivity contribution in [1.82, 2.24) is 15.0 Å². The van der Waals surface area contributed by atoms with Crippen molar-refractivity contribution in [1.29, 1.82) is 0 Å². The molecule has 2 heterocycles. The number of benzene rings is 3. The zero-order valence-electron chi connectivity index (χ0n) is 19.3. The Morgan fingerprint density at radius 2 is 1.38 bits per heavy atom. The number of carbonyl (C=O) groups excluding carboxylic acids is 1. The van der Waals surface area contributed by atoms with E-state index in [-0.39, 0.29) is 11.3 Å². The lowest BCUT2D eigenvalue weighted by atomic mass is 9.72. The van der Waals surface area contributed by atoms with Gasteiger partial charge < -0.3 is 9.42 Å². The summed E-state index contributed by atoms with van der Waals surface area (Å²) in [6.07, 6.45) is 3.56. The van der Waals surface area contributed by atoms with Crippen molar-refractivity contribution in [2.75, 3.05) is 13.1 Å². The zero-order valence-corrected chi connectivity index (χ0v) is 19.3. The number of hydrogen-bond acceptors (Lipinski definition) is 4. The van der Waals surface area contributed by atoms with E-state index in [1.165, 1.54) is 11.1 Å². The first-order chi connectivity index (χ1) is 16.7. The van der Waals surface area contributed by atoms with Gasteiger partial charge in [-0.15, -0.1) is 0 Å². The van der Waals surface area contributed by atoms with Crippen molar-refractivity contribution in [2.45, 2.75) is 37.5 Å². The summed E-state index contributed by atoms with van der Waals surface area (Å²) < 4.78 is 5.70. The van der Waals surface area contributed by atoms with Gasteiger partial charge in [-0.3, -0.25) is 4.79 Å². The van der Waals surface area contributed by atoms with Crippen LogP contribution in [0.5, 0.6) is 0 Å². The van der Waals surface area contributed by atoms with Crippen molar-refractivity contribution >= 4 is 5.91 Å². The number of likely N-dealkylation sites (tertiary alicyclic amines) is 1. The van der Waals surface area contributed by atoms with Crippen LogP contribution in [-0.2, 0) is 29.5 Å². The fraction of sp³-hybridized carbons (Fsp3) is 0.276. The van der Waals surface area contributed by atoms with Crippen LogP contribution >= 0.6 is 0 Å². The molecule has 0 saturated carbocycles. The number of carbonyl (C=O) groups is 1. The van der Waals surface area contributed by atoms with E-state index in [2.05, 4.69) is 41.6 Å². The number of rotatable bonds is 7. The first-order valence-electron chi connectivity index (χ1n) is 12.0. The molecule has 0 aliphatic carbocycles. The van der Waals surface area contributed by atoms with Gasteiger partial charge in [0.25, 0.3) is 0 Å². The van der Waals surface area contributed by atoms with Gasteiger partial charge in [-0.1, -0.05) is 96.2 Å². The average Bonchev–Trinajstić information content (AvgIpc) is 3.39. The summed E-state index contributed by atoms with van der Waals surface area (Å²) in [5, 5.41) is 4.45. The third-order valence-electron chi connectivity index (χ3n) is 6.86. The number of nitrogens with zero attached hydrogens (tertiary/aromatic N) is 3. The summed E-state index contributed by atoms with van der Waals surface area (Å²) in [6.45, 7) is 1.35. The van der Waals surface area contributed by atoms with Gasteiger partial charge in [0.2, 0.25) is 11.8 Å². The molecule has 0 spiro atoms. The molecule has 1 aromatic heterocycles. The molecular formula is C29H29N3O2. The Morgan fingerprint density at radius 1 is 0.794 bits per heavy atom. The molecule has 1 aliphatic heterocycles. The largest absolute Gasteiger partial charge is 0.342 e. The van der Waals surface area contributed by atoms with Crippen LogP contribution in [0.25, 0.3) is 0 Å². The van der Waals surface area contributed by atoms with Crippen molar-refractivity contribution in [2.24, 2.45) is 0 Å². The molecule has 3 aromatic carbocycles.